The molecule has 0 saturated carbocycles. The first-order chi connectivity index (χ1) is 11.1. The molecule has 0 N–H and O–H groups in total. The molecule has 23 heavy (non-hydrogen) atoms. The molecule has 6 nitrogen and oxygen atoms in total. The lowest BCUT2D eigenvalue weighted by atomic mass is 10.0. The molecular formula is C17H31N3O3. The summed E-state index contributed by atoms with van der Waals surface area (Å²) in [5.41, 5.74) is 0. The normalized spacial score (nSPS) is 22.8. The molecule has 1 aliphatic rings. The zero-order valence-electron chi connectivity index (χ0n) is 15.0. The molecular weight excluding hydrogens is 294 g/mol. The Bertz CT molecular complexity index is 450. The maximum atomic E-state index is 6.25. The van der Waals surface area contributed by atoms with Gasteiger partial charge in [0.05, 0.1) is 25.4 Å². The lowest BCUT2D eigenvalue weighted by molar-refractivity contribution is -0.109. The molecule has 0 amide bonds. The minimum Gasteiger partial charge on any atom is -0.384 e. The van der Waals surface area contributed by atoms with Crippen LogP contribution in [0.25, 0.3) is 0 Å². The van der Waals surface area contributed by atoms with Gasteiger partial charge in [-0.1, -0.05) is 38.8 Å². The zero-order valence-corrected chi connectivity index (χ0v) is 15.0. The SMILES string of the molecule is CCCC[C@@H]1CN(Cc2nc(CCOC)no2)C[C@H](C(C)C)O1. The van der Waals surface area contributed by atoms with E-state index in [0.717, 1.165) is 25.3 Å². The number of hydrogen-bond acceptors (Lipinski definition) is 6. The molecule has 0 aliphatic carbocycles. The number of aromatic nitrogens is 2. The smallest absolute Gasteiger partial charge is 0.240 e. The predicted molar refractivity (Wildman–Crippen MR) is 88.2 cm³/mol. The van der Waals surface area contributed by atoms with Gasteiger partial charge in [0.15, 0.2) is 5.82 Å². The van der Waals surface area contributed by atoms with Crippen LogP contribution in [0.3, 0.4) is 0 Å². The third kappa shape index (κ3) is 5.86. The van der Waals surface area contributed by atoms with E-state index in [1.165, 1.54) is 12.8 Å². The highest BCUT2D eigenvalue weighted by Crippen LogP contribution is 2.22. The van der Waals surface area contributed by atoms with Crippen LogP contribution >= 0.6 is 0 Å². The summed E-state index contributed by atoms with van der Waals surface area (Å²) in [5, 5.41) is 4.02. The molecule has 1 fully saturated rings. The summed E-state index contributed by atoms with van der Waals surface area (Å²) in [7, 11) is 1.68. The number of ether oxygens (including phenoxy) is 2. The van der Waals surface area contributed by atoms with E-state index >= 15 is 0 Å². The van der Waals surface area contributed by atoms with Crippen molar-refractivity contribution in [1.82, 2.24) is 15.0 Å². The molecule has 132 valence electrons. The van der Waals surface area contributed by atoms with E-state index in [4.69, 9.17) is 14.0 Å². The summed E-state index contributed by atoms with van der Waals surface area (Å²) < 4.78 is 16.7. The molecule has 1 aromatic heterocycles. The summed E-state index contributed by atoms with van der Waals surface area (Å²) >= 11 is 0. The van der Waals surface area contributed by atoms with Gasteiger partial charge in [-0.2, -0.15) is 4.98 Å². The van der Waals surface area contributed by atoms with Gasteiger partial charge in [-0.25, -0.2) is 0 Å². The van der Waals surface area contributed by atoms with Crippen molar-refractivity contribution in [2.24, 2.45) is 5.92 Å². The van der Waals surface area contributed by atoms with Gasteiger partial charge in [0, 0.05) is 26.6 Å². The lowest BCUT2D eigenvalue weighted by Crippen LogP contribution is -2.49. The maximum absolute atomic E-state index is 6.25. The fraction of sp³-hybridized carbons (Fsp3) is 0.882. The molecule has 0 aromatic carbocycles. The van der Waals surface area contributed by atoms with Crippen LogP contribution in [0.15, 0.2) is 4.52 Å². The Labute approximate surface area is 139 Å². The minimum absolute atomic E-state index is 0.279. The number of hydrogen-bond donors (Lipinski definition) is 0. The minimum atomic E-state index is 0.279. The second-order valence-corrected chi connectivity index (χ2v) is 6.72. The molecule has 6 heteroatoms. The van der Waals surface area contributed by atoms with Crippen LogP contribution in [0.1, 0.15) is 51.7 Å². The van der Waals surface area contributed by atoms with Crippen LogP contribution in [-0.4, -0.2) is 54.1 Å². The Hall–Kier alpha value is -0.980. The van der Waals surface area contributed by atoms with Gasteiger partial charge in [0.1, 0.15) is 0 Å². The highest BCUT2D eigenvalue weighted by atomic mass is 16.5. The van der Waals surface area contributed by atoms with Crippen LogP contribution in [0, 0.1) is 5.92 Å². The summed E-state index contributed by atoms with van der Waals surface area (Å²) in [5.74, 6) is 1.93. The van der Waals surface area contributed by atoms with Gasteiger partial charge in [0.25, 0.3) is 0 Å². The van der Waals surface area contributed by atoms with Crippen molar-refractivity contribution < 1.29 is 14.0 Å². The van der Waals surface area contributed by atoms with Crippen molar-refractivity contribution >= 4 is 0 Å². The van der Waals surface area contributed by atoms with Gasteiger partial charge in [-0.15, -0.1) is 0 Å². The molecule has 0 radical (unpaired) electrons. The second kappa shape index (κ2) is 9.35. The van der Waals surface area contributed by atoms with E-state index in [1.54, 1.807) is 7.11 Å². The van der Waals surface area contributed by atoms with Crippen molar-refractivity contribution in [3.05, 3.63) is 11.7 Å². The fourth-order valence-electron chi connectivity index (χ4n) is 2.88. The average molecular weight is 325 g/mol. The standard InChI is InChI=1S/C17H31N3O3/c1-5-6-7-14-10-20(11-15(22-14)13(2)3)12-17-18-16(19-23-17)8-9-21-4/h13-15H,5-12H2,1-4H3/t14-,15-/m1/s1. The molecule has 0 bridgehead atoms. The molecule has 2 heterocycles. The predicted octanol–water partition coefficient (Wildman–Crippen LogP) is 2.67. The summed E-state index contributed by atoms with van der Waals surface area (Å²) in [6, 6.07) is 0. The van der Waals surface area contributed by atoms with Crippen LogP contribution < -0.4 is 0 Å². The van der Waals surface area contributed by atoms with Gasteiger partial charge in [0.2, 0.25) is 5.89 Å². The first kappa shape index (κ1) is 18.4. The lowest BCUT2D eigenvalue weighted by Gasteiger charge is -2.39. The Kier molecular flexibility index (Phi) is 7.46. The summed E-state index contributed by atoms with van der Waals surface area (Å²) in [6.07, 6.45) is 4.83. The van der Waals surface area contributed by atoms with Gasteiger partial charge < -0.3 is 14.0 Å². The van der Waals surface area contributed by atoms with Gasteiger partial charge in [-0.3, -0.25) is 4.90 Å². The van der Waals surface area contributed by atoms with Crippen molar-refractivity contribution in [3.63, 3.8) is 0 Å². The Balaban J connectivity index is 1.92. The second-order valence-electron chi connectivity index (χ2n) is 6.72. The van der Waals surface area contributed by atoms with Crippen molar-refractivity contribution in [2.45, 2.75) is 65.2 Å². The fourth-order valence-corrected chi connectivity index (χ4v) is 2.88. The van der Waals surface area contributed by atoms with E-state index in [1.807, 2.05) is 0 Å². The van der Waals surface area contributed by atoms with Gasteiger partial charge >= 0.3 is 0 Å². The van der Waals surface area contributed by atoms with Gasteiger partial charge in [-0.05, 0) is 12.3 Å². The number of methoxy groups -OCH3 is 1. The number of rotatable bonds is 9. The largest absolute Gasteiger partial charge is 0.384 e. The van der Waals surface area contributed by atoms with Crippen molar-refractivity contribution in [1.29, 1.82) is 0 Å². The summed E-state index contributed by atoms with van der Waals surface area (Å²) in [6.45, 7) is 9.86. The Morgan fingerprint density at radius 1 is 1.35 bits per heavy atom. The molecule has 0 unspecified atom stereocenters. The van der Waals surface area contributed by atoms with Crippen LogP contribution in [0.2, 0.25) is 0 Å². The Morgan fingerprint density at radius 2 is 2.17 bits per heavy atom. The zero-order chi connectivity index (χ0) is 16.7. The highest BCUT2D eigenvalue weighted by molar-refractivity contribution is 4.89. The molecule has 1 saturated heterocycles. The molecule has 1 aliphatic heterocycles. The van der Waals surface area contributed by atoms with Crippen molar-refractivity contribution in [3.8, 4) is 0 Å². The first-order valence-corrected chi connectivity index (χ1v) is 8.80. The van der Waals surface area contributed by atoms with Crippen LogP contribution in [0.5, 0.6) is 0 Å². The van der Waals surface area contributed by atoms with E-state index in [9.17, 15) is 0 Å². The highest BCUT2D eigenvalue weighted by Gasteiger charge is 2.30. The third-order valence-electron chi connectivity index (χ3n) is 4.29. The number of unbranched alkanes of at least 4 members (excludes halogenated alkanes) is 1. The molecule has 1 aromatic rings. The van der Waals surface area contributed by atoms with E-state index < -0.39 is 0 Å². The third-order valence-corrected chi connectivity index (χ3v) is 4.29. The first-order valence-electron chi connectivity index (χ1n) is 8.80. The quantitative estimate of drug-likeness (QED) is 0.696. The average Bonchev–Trinajstić information content (AvgIpc) is 2.98. The topological polar surface area (TPSA) is 60.6 Å². The molecule has 0 spiro atoms. The van der Waals surface area contributed by atoms with E-state index in [-0.39, 0.29) is 6.10 Å². The maximum Gasteiger partial charge on any atom is 0.240 e. The van der Waals surface area contributed by atoms with Crippen LogP contribution in [0.4, 0.5) is 0 Å². The van der Waals surface area contributed by atoms with E-state index in [0.29, 0.717) is 37.5 Å². The van der Waals surface area contributed by atoms with Crippen molar-refractivity contribution in [2.75, 3.05) is 26.8 Å². The number of morpholine rings is 1. The Morgan fingerprint density at radius 3 is 2.87 bits per heavy atom. The molecule has 2 rings (SSSR count). The summed E-state index contributed by atoms with van der Waals surface area (Å²) in [4.78, 5) is 6.85. The monoisotopic (exact) mass is 325 g/mol. The molecule has 2 atom stereocenters. The number of nitrogens with zero attached hydrogens (tertiary/aromatic N) is 3. The van der Waals surface area contributed by atoms with E-state index in [2.05, 4.69) is 35.8 Å². The van der Waals surface area contributed by atoms with Crippen LogP contribution in [-0.2, 0) is 22.4 Å².